The molecule has 7 aromatic carbocycles. The van der Waals surface area contributed by atoms with Crippen LogP contribution >= 0.6 is 0 Å². The van der Waals surface area contributed by atoms with Gasteiger partial charge in [0.1, 0.15) is 11.6 Å². The van der Waals surface area contributed by atoms with Crippen LogP contribution < -0.4 is 0 Å². The van der Waals surface area contributed by atoms with Crippen molar-refractivity contribution < 1.29 is 26.2 Å². The van der Waals surface area contributed by atoms with Crippen molar-refractivity contribution in [1.29, 1.82) is 0 Å². The molecule has 68 heavy (non-hydrogen) atoms. The summed E-state index contributed by atoms with van der Waals surface area (Å²) < 4.78 is 2.24. The quantitative estimate of drug-likeness (QED) is 0.154. The van der Waals surface area contributed by atoms with Gasteiger partial charge in [0, 0.05) is 44.1 Å². The molecule has 0 amide bonds. The number of hydrogen-bond acceptors (Lipinski definition) is 3. The van der Waals surface area contributed by atoms with Crippen LogP contribution in [0.1, 0.15) is 92.9 Å². The molecule has 5 heteroatoms. The van der Waals surface area contributed by atoms with Crippen molar-refractivity contribution in [2.24, 2.45) is 5.41 Å². The smallest absolute Gasteiger partial charge is 0.148 e. The maximum atomic E-state index is 12.3. The van der Waals surface area contributed by atoms with E-state index in [4.69, 9.17) is 9.97 Å². The van der Waals surface area contributed by atoms with Crippen LogP contribution in [0.3, 0.4) is 0 Å². The fourth-order valence-electron chi connectivity index (χ4n) is 8.92. The van der Waals surface area contributed by atoms with Crippen LogP contribution in [-0.2, 0) is 37.3 Å². The van der Waals surface area contributed by atoms with Gasteiger partial charge in [-0.25, -0.2) is 4.98 Å². The number of rotatable bonds is 8. The van der Waals surface area contributed by atoms with E-state index in [9.17, 15) is 5.11 Å². The second-order valence-corrected chi connectivity index (χ2v) is 21.7. The largest absolute Gasteiger partial charge is 0.507 e. The minimum Gasteiger partial charge on any atom is -0.507 e. The number of aromatic hydroxyl groups is 1. The van der Waals surface area contributed by atoms with Crippen molar-refractivity contribution in [1.82, 2.24) is 14.5 Å². The number of pyridine rings is 1. The maximum Gasteiger partial charge on any atom is 0.148 e. The third-order valence-electron chi connectivity index (χ3n) is 14.1. The zero-order valence-corrected chi connectivity index (χ0v) is 43.5. The Kier molecular flexibility index (Phi) is 12.9. The minimum atomic E-state index is -0.173. The zero-order chi connectivity index (χ0) is 47.5. The number of imidazole rings is 1. The Bertz CT molecular complexity index is 3250. The molecule has 0 aliphatic carbocycles. The SMILES string of the molecule is CC(C)(C)c1cc(-c2cc(-c3ccc(C(C)(C)C(C)(C)C)cc3)ccn2)[c-]c(-c2cccc3c2nc(-c2cccc(-c4ccccc4)c2O)n3-c2ccc(C(C)(C)C)cc2-c2ccccc2)c1.[Pt]. The Morgan fingerprint density at radius 3 is 1.68 bits per heavy atom. The molecule has 9 rings (SSSR count). The zero-order valence-electron chi connectivity index (χ0n) is 41.3. The fraction of sp³-hybridized carbons (Fsp3) is 0.238. The van der Waals surface area contributed by atoms with Crippen LogP contribution in [-0.4, -0.2) is 19.6 Å². The number of hydrogen-bond donors (Lipinski definition) is 1. The van der Waals surface area contributed by atoms with Gasteiger partial charge in [0.15, 0.2) is 0 Å². The van der Waals surface area contributed by atoms with E-state index in [1.165, 1.54) is 16.7 Å². The van der Waals surface area contributed by atoms with Gasteiger partial charge < -0.3 is 5.11 Å². The summed E-state index contributed by atoms with van der Waals surface area (Å²) in [5.41, 5.74) is 16.7. The van der Waals surface area contributed by atoms with E-state index in [0.717, 1.165) is 72.5 Å². The van der Waals surface area contributed by atoms with Gasteiger partial charge in [0.25, 0.3) is 0 Å². The van der Waals surface area contributed by atoms with Gasteiger partial charge in [0.05, 0.1) is 22.3 Å². The molecule has 0 spiro atoms. The Labute approximate surface area is 418 Å². The summed E-state index contributed by atoms with van der Waals surface area (Å²) in [6.07, 6.45) is 1.91. The van der Waals surface area contributed by atoms with Crippen LogP contribution in [0.25, 0.3) is 83.9 Å². The average molecular weight is 1070 g/mol. The van der Waals surface area contributed by atoms with Gasteiger partial charge in [0.2, 0.25) is 0 Å². The minimum absolute atomic E-state index is 0. The van der Waals surface area contributed by atoms with Gasteiger partial charge in [-0.2, -0.15) is 0 Å². The molecule has 4 nitrogen and oxygen atoms in total. The Morgan fingerprint density at radius 1 is 0.471 bits per heavy atom. The van der Waals surface area contributed by atoms with E-state index in [2.05, 4.69) is 202 Å². The predicted molar refractivity (Wildman–Crippen MR) is 282 cm³/mol. The van der Waals surface area contributed by atoms with E-state index in [0.29, 0.717) is 11.4 Å². The Morgan fingerprint density at radius 2 is 1.04 bits per heavy atom. The molecule has 0 saturated carbocycles. The van der Waals surface area contributed by atoms with Crippen LogP contribution in [0.2, 0.25) is 0 Å². The monoisotopic (exact) mass is 1070 g/mol. The standard InChI is InChI=1S/C63H62N3O.Pt/c1-60(2,3)48-32-33-55(53(40-48)43-22-16-13-17-23-43)66-56-27-19-24-50(57(56)65-59(66)52-26-18-25-51(58(52)67)42-20-14-12-15-21-42)45-36-46(38-49(37-45)61(4,5)6)54-39-44(34-35-64-54)41-28-30-47(31-29-41)63(10,11)62(7,8)9;/h12-35,37-40,67H,1-11H3;/q-1;. The molecule has 0 unspecified atom stereocenters. The topological polar surface area (TPSA) is 50.9 Å². The molecule has 0 aliphatic heterocycles. The molecule has 346 valence electrons. The van der Waals surface area contributed by atoms with E-state index in [1.807, 2.05) is 54.7 Å². The summed E-state index contributed by atoms with van der Waals surface area (Å²) in [4.78, 5) is 10.6. The summed E-state index contributed by atoms with van der Waals surface area (Å²) in [5.74, 6) is 0.832. The first-order valence-electron chi connectivity index (χ1n) is 23.5. The molecule has 2 aromatic heterocycles. The molecule has 0 saturated heterocycles. The van der Waals surface area contributed by atoms with E-state index < -0.39 is 0 Å². The second kappa shape index (κ2) is 18.3. The van der Waals surface area contributed by atoms with Crippen molar-refractivity contribution in [2.75, 3.05) is 0 Å². The summed E-state index contributed by atoms with van der Waals surface area (Å²) >= 11 is 0. The van der Waals surface area contributed by atoms with Crippen LogP contribution in [0.15, 0.2) is 170 Å². The van der Waals surface area contributed by atoms with Gasteiger partial charge >= 0.3 is 0 Å². The number of para-hydroxylation sites is 2. The number of phenolic OH excluding ortho intramolecular Hbond substituents is 1. The second-order valence-electron chi connectivity index (χ2n) is 21.7. The van der Waals surface area contributed by atoms with Crippen molar-refractivity contribution in [3.05, 3.63) is 193 Å². The number of fused-ring (bicyclic) bond motifs is 1. The number of phenols is 1. The van der Waals surface area contributed by atoms with Crippen LogP contribution in [0.5, 0.6) is 5.75 Å². The third kappa shape index (κ3) is 9.16. The molecule has 0 bridgehead atoms. The molecule has 0 atom stereocenters. The van der Waals surface area contributed by atoms with Gasteiger partial charge in [-0.05, 0) is 85.4 Å². The van der Waals surface area contributed by atoms with Crippen molar-refractivity contribution in [2.45, 2.75) is 92.4 Å². The number of benzene rings is 7. The number of nitrogens with zero attached hydrogens (tertiary/aromatic N) is 3. The molecular weight excluding hydrogens is 1010 g/mol. The maximum absolute atomic E-state index is 12.3. The molecule has 0 radical (unpaired) electrons. The fourth-order valence-corrected chi connectivity index (χ4v) is 8.92. The van der Waals surface area contributed by atoms with Gasteiger partial charge in [-0.15, -0.1) is 29.3 Å². The molecule has 9 aromatic rings. The average Bonchev–Trinajstić information content (AvgIpc) is 3.70. The van der Waals surface area contributed by atoms with E-state index in [1.54, 1.807) is 0 Å². The normalized spacial score (nSPS) is 12.3. The predicted octanol–water partition coefficient (Wildman–Crippen LogP) is 16.8. The molecule has 1 N–H and O–H groups in total. The summed E-state index contributed by atoms with van der Waals surface area (Å²) in [6.45, 7) is 25.1. The first-order chi connectivity index (χ1) is 31.8. The Hall–Kier alpha value is -6.35. The first kappa shape index (κ1) is 48.1. The molecule has 0 aliphatic rings. The van der Waals surface area contributed by atoms with Crippen molar-refractivity contribution in [3.8, 4) is 78.6 Å². The summed E-state index contributed by atoms with van der Waals surface area (Å²) in [5, 5.41) is 12.3. The molecule has 0 fully saturated rings. The van der Waals surface area contributed by atoms with Crippen molar-refractivity contribution in [3.63, 3.8) is 0 Å². The Balaban J connectivity index is 0.00000625. The summed E-state index contributed by atoms with van der Waals surface area (Å²) in [7, 11) is 0. The van der Waals surface area contributed by atoms with Crippen molar-refractivity contribution >= 4 is 11.0 Å². The van der Waals surface area contributed by atoms with E-state index in [-0.39, 0.29) is 48.5 Å². The first-order valence-corrected chi connectivity index (χ1v) is 23.5. The molecule has 2 heterocycles. The number of aromatic nitrogens is 3. The van der Waals surface area contributed by atoms with Gasteiger partial charge in [-0.3, -0.25) is 9.55 Å². The third-order valence-corrected chi connectivity index (χ3v) is 14.1. The van der Waals surface area contributed by atoms with Crippen LogP contribution in [0, 0.1) is 11.5 Å². The van der Waals surface area contributed by atoms with Gasteiger partial charge in [-0.1, -0.05) is 209 Å². The molecular formula is C63H62N3OPt-. The summed E-state index contributed by atoms with van der Waals surface area (Å²) in [6, 6.07) is 61.5. The van der Waals surface area contributed by atoms with Crippen LogP contribution in [0.4, 0.5) is 0 Å². The van der Waals surface area contributed by atoms with E-state index >= 15 is 0 Å².